The van der Waals surface area contributed by atoms with Gasteiger partial charge in [0.25, 0.3) is 0 Å². The summed E-state index contributed by atoms with van der Waals surface area (Å²) in [5.41, 5.74) is 2.13. The van der Waals surface area contributed by atoms with E-state index in [0.717, 1.165) is 51.4 Å². The number of benzene rings is 2. The van der Waals surface area contributed by atoms with E-state index in [2.05, 4.69) is 68.1 Å². The first-order chi connectivity index (χ1) is 29.2. The van der Waals surface area contributed by atoms with Gasteiger partial charge in [-0.15, -0.1) is 20.5 Å². The third kappa shape index (κ3) is 13.9. The number of nitrogens with zero attached hydrogens (tertiary/aromatic N) is 8. The quantitative estimate of drug-likeness (QED) is 0.0454. The summed E-state index contributed by atoms with van der Waals surface area (Å²) in [5, 5.41) is 41.8. The fourth-order valence-corrected chi connectivity index (χ4v) is 6.13. The van der Waals surface area contributed by atoms with Gasteiger partial charge in [0.1, 0.15) is 11.4 Å². The molecular weight excluding hydrogens is 819 g/mol. The fraction of sp³-hybridized carbons (Fsp3) is 0.348. The molecule has 0 N–H and O–H groups in total. The maximum Gasteiger partial charge on any atom is 2.00 e. The van der Waals surface area contributed by atoms with Crippen LogP contribution in [0.5, 0.6) is 11.5 Å². The Morgan fingerprint density at radius 1 is 0.590 bits per heavy atom. The van der Waals surface area contributed by atoms with Crippen LogP contribution >= 0.6 is 0 Å². The van der Waals surface area contributed by atoms with E-state index in [1.807, 2.05) is 12.1 Å². The number of rotatable bonds is 18. The average Bonchev–Trinajstić information content (AvgIpc) is 3.29. The smallest absolute Gasteiger partial charge is 0.872 e. The van der Waals surface area contributed by atoms with Gasteiger partial charge in [0.05, 0.1) is 35.4 Å². The topological polar surface area (TPSA) is 200 Å². The molecule has 0 aliphatic heterocycles. The molecule has 2 atom stereocenters. The minimum atomic E-state index is -0.473. The van der Waals surface area contributed by atoms with Gasteiger partial charge in [-0.2, -0.15) is 0 Å². The molecule has 0 bridgehead atoms. The first-order valence-electron chi connectivity index (χ1n) is 20.4. The van der Waals surface area contributed by atoms with Crippen molar-refractivity contribution in [3.8, 4) is 11.5 Å². The van der Waals surface area contributed by atoms with E-state index < -0.39 is 11.9 Å². The molecule has 6 aromatic rings. The Balaban J connectivity index is 0.000000264. The van der Waals surface area contributed by atoms with E-state index in [-0.39, 0.29) is 39.1 Å². The summed E-state index contributed by atoms with van der Waals surface area (Å²) in [6, 6.07) is 19.6. The number of unbranched alkanes of at least 4 members (excludes halogenated alkanes) is 2. The Morgan fingerprint density at radius 3 is 1.38 bits per heavy atom. The Bertz CT molecular complexity index is 2220. The van der Waals surface area contributed by atoms with Crippen molar-refractivity contribution in [2.75, 3.05) is 13.2 Å². The molecule has 4 aromatic heterocycles. The molecule has 2 aromatic carbocycles. The van der Waals surface area contributed by atoms with E-state index in [1.165, 1.54) is 36.7 Å². The molecular formula is C46H50N8NiO6. The number of azo groups is 2. The Hall–Kier alpha value is -6.21. The summed E-state index contributed by atoms with van der Waals surface area (Å²) in [5.74, 6) is 0.165. The van der Waals surface area contributed by atoms with Crippen molar-refractivity contribution < 1.29 is 45.8 Å². The molecule has 0 saturated carbocycles. The number of esters is 2. The summed E-state index contributed by atoms with van der Waals surface area (Å²) in [6.07, 6.45) is 14.5. The predicted octanol–water partition coefficient (Wildman–Crippen LogP) is 11.0. The zero-order valence-corrected chi connectivity index (χ0v) is 35.8. The van der Waals surface area contributed by atoms with Crippen LogP contribution in [0.15, 0.2) is 118 Å². The normalized spacial score (nSPS) is 12.1. The summed E-state index contributed by atoms with van der Waals surface area (Å²) in [6.45, 7) is 9.22. The first kappa shape index (κ1) is 47.5. The van der Waals surface area contributed by atoms with E-state index in [4.69, 9.17) is 9.47 Å². The van der Waals surface area contributed by atoms with Crippen LogP contribution in [0.1, 0.15) is 99.8 Å². The van der Waals surface area contributed by atoms with Gasteiger partial charge in [0, 0.05) is 24.8 Å². The maximum absolute atomic E-state index is 12.5. The molecule has 0 spiro atoms. The standard InChI is InChI=1S/2C23H26N4O3.Ni/c2*1-3-5-8-16(4-2)15-30-23(29)17-13-18-20(28)11-10-19(22(18)25-14-17)26-27-21-9-6-7-12-24-21;/h2*6-7,9-14,16,28H,3-5,8,15H2,1-2H3;/q;;+2/p-2. The van der Waals surface area contributed by atoms with Crippen LogP contribution in [-0.4, -0.2) is 45.1 Å². The van der Waals surface area contributed by atoms with Crippen LogP contribution in [0.25, 0.3) is 21.8 Å². The number of fused-ring (bicyclic) bond motifs is 2. The summed E-state index contributed by atoms with van der Waals surface area (Å²) in [7, 11) is 0. The van der Waals surface area contributed by atoms with Crippen LogP contribution in [-0.2, 0) is 26.0 Å². The second kappa shape index (κ2) is 24.8. The number of hydrogen-bond acceptors (Lipinski definition) is 14. The van der Waals surface area contributed by atoms with Crippen molar-refractivity contribution >= 4 is 56.8 Å². The molecule has 0 aliphatic carbocycles. The van der Waals surface area contributed by atoms with Crippen LogP contribution < -0.4 is 10.2 Å². The van der Waals surface area contributed by atoms with Crippen LogP contribution in [0.2, 0.25) is 0 Å². The van der Waals surface area contributed by atoms with Gasteiger partial charge in [-0.3, -0.25) is 9.97 Å². The van der Waals surface area contributed by atoms with Crippen LogP contribution in [0.3, 0.4) is 0 Å². The van der Waals surface area contributed by atoms with Crippen molar-refractivity contribution in [1.82, 2.24) is 19.9 Å². The molecule has 320 valence electrons. The monoisotopic (exact) mass is 868 g/mol. The Labute approximate surface area is 365 Å². The van der Waals surface area contributed by atoms with Crippen LogP contribution in [0.4, 0.5) is 23.0 Å². The van der Waals surface area contributed by atoms with Gasteiger partial charge >= 0.3 is 28.4 Å². The molecule has 0 saturated heterocycles. The molecule has 14 nitrogen and oxygen atoms in total. The minimum Gasteiger partial charge on any atom is -0.872 e. The number of pyridine rings is 4. The van der Waals surface area contributed by atoms with Gasteiger partial charge in [0.2, 0.25) is 0 Å². The van der Waals surface area contributed by atoms with Gasteiger partial charge < -0.3 is 19.7 Å². The second-order valence-electron chi connectivity index (χ2n) is 14.2. The molecule has 61 heavy (non-hydrogen) atoms. The summed E-state index contributed by atoms with van der Waals surface area (Å²) in [4.78, 5) is 41.7. The zero-order chi connectivity index (χ0) is 42.7. The van der Waals surface area contributed by atoms with Crippen molar-refractivity contribution in [1.29, 1.82) is 0 Å². The molecule has 6 rings (SSSR count). The molecule has 0 radical (unpaired) electrons. The first-order valence-corrected chi connectivity index (χ1v) is 20.4. The number of ether oxygens (including phenoxy) is 2. The average molecular weight is 870 g/mol. The van der Waals surface area contributed by atoms with Crippen molar-refractivity contribution in [3.63, 3.8) is 0 Å². The van der Waals surface area contributed by atoms with Crippen LogP contribution in [0, 0.1) is 11.8 Å². The summed E-state index contributed by atoms with van der Waals surface area (Å²) < 4.78 is 10.9. The molecule has 2 unspecified atom stereocenters. The largest absolute Gasteiger partial charge is 2.00 e. The maximum atomic E-state index is 12.5. The fourth-order valence-electron chi connectivity index (χ4n) is 6.13. The van der Waals surface area contributed by atoms with Gasteiger partial charge in [0.15, 0.2) is 11.6 Å². The molecule has 15 heteroatoms. The van der Waals surface area contributed by atoms with E-state index >= 15 is 0 Å². The Morgan fingerprint density at radius 2 is 1.02 bits per heavy atom. The van der Waals surface area contributed by atoms with E-state index in [0.29, 0.717) is 69.9 Å². The van der Waals surface area contributed by atoms with Crippen molar-refractivity contribution in [2.45, 2.75) is 79.1 Å². The van der Waals surface area contributed by atoms with E-state index in [9.17, 15) is 19.8 Å². The minimum absolute atomic E-state index is 0. The third-order valence-electron chi connectivity index (χ3n) is 9.85. The Kier molecular flexibility index (Phi) is 19.3. The third-order valence-corrected chi connectivity index (χ3v) is 9.85. The number of aromatic nitrogens is 4. The molecule has 0 amide bonds. The summed E-state index contributed by atoms with van der Waals surface area (Å²) >= 11 is 0. The number of hydrogen-bond donors (Lipinski definition) is 0. The van der Waals surface area contributed by atoms with E-state index in [1.54, 1.807) is 48.8 Å². The second-order valence-corrected chi connectivity index (χ2v) is 14.2. The number of carbonyl (C=O) groups excluding carboxylic acids is 2. The predicted molar refractivity (Wildman–Crippen MR) is 226 cm³/mol. The van der Waals surface area contributed by atoms with Gasteiger partial charge in [-0.05, 0) is 84.0 Å². The molecule has 0 fully saturated rings. The molecule has 0 aliphatic rings. The van der Waals surface area contributed by atoms with Gasteiger partial charge in [-0.25, -0.2) is 19.6 Å². The number of carbonyl (C=O) groups is 2. The molecule has 4 heterocycles. The SMILES string of the molecule is CCCCC(CC)COC(=O)c1cnc2c(N=Nc3ccccn3)ccc([O-])c2c1.CCCCC(CC)COC(=O)c1cnc2c(N=Nc3ccccn3)ccc([O-])c2c1.[Ni+2]. The zero-order valence-electron chi connectivity index (χ0n) is 34.8. The van der Waals surface area contributed by atoms with Crippen molar-refractivity contribution in [3.05, 3.63) is 109 Å². The van der Waals surface area contributed by atoms with Gasteiger partial charge in [-0.1, -0.05) is 102 Å². The van der Waals surface area contributed by atoms with Crippen molar-refractivity contribution in [2.24, 2.45) is 32.3 Å².